The Balaban J connectivity index is 2.19. The summed E-state index contributed by atoms with van der Waals surface area (Å²) < 4.78 is 0.732. The van der Waals surface area contributed by atoms with E-state index in [0.717, 1.165) is 4.47 Å². The Morgan fingerprint density at radius 1 is 1.32 bits per heavy atom. The maximum absolute atomic E-state index is 12.2. The Morgan fingerprint density at radius 2 is 2.08 bits per heavy atom. The molecule has 0 aliphatic heterocycles. The van der Waals surface area contributed by atoms with E-state index in [9.17, 15) is 20.2 Å². The summed E-state index contributed by atoms with van der Waals surface area (Å²) in [4.78, 5) is 29.6. The van der Waals surface area contributed by atoms with E-state index in [1.54, 1.807) is 24.3 Å². The molecule has 8 heteroatoms. The molecule has 2 aromatic carbocycles. The SMILES string of the molecule is N#C/C(=C\c1ccccc1[N+](=O)[O-])c1nc2ccc(Br)cc2c(=O)[nH]1. The lowest BCUT2D eigenvalue weighted by atomic mass is 10.1. The first-order valence-corrected chi connectivity index (χ1v) is 7.84. The van der Waals surface area contributed by atoms with Crippen LogP contribution in [0.25, 0.3) is 22.6 Å². The van der Waals surface area contributed by atoms with Crippen molar-refractivity contribution < 1.29 is 4.92 Å². The van der Waals surface area contributed by atoms with Gasteiger partial charge in [-0.1, -0.05) is 28.1 Å². The second-order valence-corrected chi connectivity index (χ2v) is 5.98. The Morgan fingerprint density at radius 3 is 2.80 bits per heavy atom. The average Bonchev–Trinajstić information content (AvgIpc) is 2.60. The van der Waals surface area contributed by atoms with Crippen LogP contribution in [-0.2, 0) is 0 Å². The molecule has 0 unspecified atom stereocenters. The highest BCUT2D eigenvalue weighted by Crippen LogP contribution is 2.23. The van der Waals surface area contributed by atoms with Gasteiger partial charge >= 0.3 is 0 Å². The van der Waals surface area contributed by atoms with Gasteiger partial charge in [0, 0.05) is 10.5 Å². The third kappa shape index (κ3) is 3.32. The lowest BCUT2D eigenvalue weighted by molar-refractivity contribution is -0.385. The number of nitrogens with zero attached hydrogens (tertiary/aromatic N) is 3. The zero-order valence-electron chi connectivity index (χ0n) is 12.6. The van der Waals surface area contributed by atoms with Gasteiger partial charge < -0.3 is 4.98 Å². The van der Waals surface area contributed by atoms with Gasteiger partial charge in [0.1, 0.15) is 6.07 Å². The van der Waals surface area contributed by atoms with Crippen LogP contribution < -0.4 is 5.56 Å². The number of para-hydroxylation sites is 1. The molecule has 25 heavy (non-hydrogen) atoms. The Bertz CT molecular complexity index is 1130. The van der Waals surface area contributed by atoms with Crippen molar-refractivity contribution in [3.05, 3.63) is 78.8 Å². The molecule has 0 fully saturated rings. The zero-order valence-corrected chi connectivity index (χ0v) is 14.1. The smallest absolute Gasteiger partial charge is 0.276 e. The van der Waals surface area contributed by atoms with E-state index in [2.05, 4.69) is 25.9 Å². The van der Waals surface area contributed by atoms with Gasteiger partial charge in [0.2, 0.25) is 0 Å². The monoisotopic (exact) mass is 396 g/mol. The summed E-state index contributed by atoms with van der Waals surface area (Å²) in [5.74, 6) is 0.0560. The lowest BCUT2D eigenvalue weighted by Gasteiger charge is -2.03. The number of aromatic amines is 1. The standard InChI is InChI=1S/C17H9BrN4O3/c18-12-5-6-14-13(8-12)17(23)21-16(20-14)11(9-19)7-10-3-1-2-4-15(10)22(24)25/h1-8H,(H,20,21,23)/b11-7+. The summed E-state index contributed by atoms with van der Waals surface area (Å²) in [6, 6.07) is 13.0. The van der Waals surface area contributed by atoms with Crippen LogP contribution in [0.3, 0.4) is 0 Å². The first-order valence-electron chi connectivity index (χ1n) is 7.05. The second kappa shape index (κ2) is 6.67. The third-order valence-electron chi connectivity index (χ3n) is 3.48. The van der Waals surface area contributed by atoms with Crippen LogP contribution >= 0.6 is 15.9 Å². The van der Waals surface area contributed by atoms with Gasteiger partial charge in [-0.3, -0.25) is 14.9 Å². The Labute approximate surface area is 149 Å². The number of nitriles is 1. The number of nitro groups is 1. The summed E-state index contributed by atoms with van der Waals surface area (Å²) in [5.41, 5.74) is 0.164. The fourth-order valence-corrected chi connectivity index (χ4v) is 2.68. The first-order chi connectivity index (χ1) is 12.0. The van der Waals surface area contributed by atoms with Crippen LogP contribution in [0, 0.1) is 21.4 Å². The van der Waals surface area contributed by atoms with Gasteiger partial charge in [-0.25, -0.2) is 4.98 Å². The Hall–Kier alpha value is -3.31. The van der Waals surface area contributed by atoms with Crippen LogP contribution in [0.2, 0.25) is 0 Å². The van der Waals surface area contributed by atoms with Crippen molar-refractivity contribution in [1.82, 2.24) is 9.97 Å². The molecule has 0 amide bonds. The molecule has 0 bridgehead atoms. The minimum atomic E-state index is -0.533. The molecule has 0 aliphatic carbocycles. The van der Waals surface area contributed by atoms with Gasteiger partial charge in [0.15, 0.2) is 5.82 Å². The second-order valence-electron chi connectivity index (χ2n) is 5.06. The topological polar surface area (TPSA) is 113 Å². The highest BCUT2D eigenvalue weighted by Gasteiger charge is 2.14. The fraction of sp³-hybridized carbons (Fsp3) is 0. The van der Waals surface area contributed by atoms with E-state index in [-0.39, 0.29) is 22.6 Å². The number of halogens is 1. The molecule has 0 saturated heterocycles. The summed E-state index contributed by atoms with van der Waals surface area (Å²) >= 11 is 3.29. The van der Waals surface area contributed by atoms with Crippen molar-refractivity contribution in [3.63, 3.8) is 0 Å². The van der Waals surface area contributed by atoms with Crippen LogP contribution in [-0.4, -0.2) is 14.9 Å². The number of aromatic nitrogens is 2. The predicted molar refractivity (Wildman–Crippen MR) is 96.6 cm³/mol. The maximum Gasteiger partial charge on any atom is 0.276 e. The third-order valence-corrected chi connectivity index (χ3v) is 3.97. The molecule has 122 valence electrons. The molecule has 1 N–H and O–H groups in total. The van der Waals surface area contributed by atoms with Gasteiger partial charge in [0.05, 0.1) is 27.0 Å². The minimum absolute atomic E-state index is 0.0243. The molecule has 0 aliphatic rings. The van der Waals surface area contributed by atoms with E-state index in [0.29, 0.717) is 10.9 Å². The molecule has 0 atom stereocenters. The molecule has 3 rings (SSSR count). The van der Waals surface area contributed by atoms with Crippen molar-refractivity contribution in [3.8, 4) is 6.07 Å². The van der Waals surface area contributed by atoms with Crippen molar-refractivity contribution in [1.29, 1.82) is 5.26 Å². The molecule has 7 nitrogen and oxygen atoms in total. The molecule has 0 radical (unpaired) electrons. The zero-order chi connectivity index (χ0) is 18.0. The van der Waals surface area contributed by atoms with E-state index in [4.69, 9.17) is 0 Å². The number of nitrogens with one attached hydrogen (secondary N) is 1. The summed E-state index contributed by atoms with van der Waals surface area (Å²) in [6.07, 6.45) is 1.33. The number of fused-ring (bicyclic) bond motifs is 1. The molecule has 1 heterocycles. The van der Waals surface area contributed by atoms with Crippen molar-refractivity contribution in [2.75, 3.05) is 0 Å². The predicted octanol–water partition coefficient (Wildman–Crippen LogP) is 3.66. The number of benzene rings is 2. The minimum Gasteiger partial charge on any atom is -0.305 e. The molecule has 0 saturated carbocycles. The molecular formula is C17H9BrN4O3. The quantitative estimate of drug-likeness (QED) is 0.412. The highest BCUT2D eigenvalue weighted by molar-refractivity contribution is 9.10. The largest absolute Gasteiger partial charge is 0.305 e. The van der Waals surface area contributed by atoms with E-state index >= 15 is 0 Å². The Kier molecular flexibility index (Phi) is 4.41. The normalized spacial score (nSPS) is 11.3. The summed E-state index contributed by atoms with van der Waals surface area (Å²) in [5, 5.41) is 20.9. The molecule has 0 spiro atoms. The fourth-order valence-electron chi connectivity index (χ4n) is 2.32. The van der Waals surface area contributed by atoms with E-state index in [1.165, 1.54) is 24.3 Å². The van der Waals surface area contributed by atoms with Gasteiger partial charge in [-0.15, -0.1) is 0 Å². The van der Waals surface area contributed by atoms with Gasteiger partial charge in [0.25, 0.3) is 11.2 Å². The van der Waals surface area contributed by atoms with E-state index < -0.39 is 10.5 Å². The average molecular weight is 397 g/mol. The van der Waals surface area contributed by atoms with Crippen LogP contribution in [0.4, 0.5) is 5.69 Å². The van der Waals surface area contributed by atoms with Gasteiger partial charge in [-0.05, 0) is 30.3 Å². The summed E-state index contributed by atoms with van der Waals surface area (Å²) in [6.45, 7) is 0. The molecule has 1 aromatic heterocycles. The number of hydrogen-bond acceptors (Lipinski definition) is 5. The molecule has 3 aromatic rings. The van der Waals surface area contributed by atoms with Crippen molar-refractivity contribution in [2.45, 2.75) is 0 Å². The van der Waals surface area contributed by atoms with Crippen molar-refractivity contribution in [2.24, 2.45) is 0 Å². The number of allylic oxidation sites excluding steroid dienone is 1. The van der Waals surface area contributed by atoms with Crippen LogP contribution in [0.5, 0.6) is 0 Å². The first kappa shape index (κ1) is 16.5. The van der Waals surface area contributed by atoms with Crippen molar-refractivity contribution >= 4 is 44.2 Å². The number of rotatable bonds is 3. The molecular weight excluding hydrogens is 388 g/mol. The summed E-state index contributed by atoms with van der Waals surface area (Å²) in [7, 11) is 0. The maximum atomic E-state index is 12.2. The van der Waals surface area contributed by atoms with Crippen LogP contribution in [0.15, 0.2) is 51.7 Å². The van der Waals surface area contributed by atoms with Crippen LogP contribution in [0.1, 0.15) is 11.4 Å². The lowest BCUT2D eigenvalue weighted by Crippen LogP contribution is -2.11. The van der Waals surface area contributed by atoms with E-state index in [1.807, 2.05) is 6.07 Å². The number of hydrogen-bond donors (Lipinski definition) is 1. The number of nitro benzene ring substituents is 1. The number of H-pyrrole nitrogens is 1. The van der Waals surface area contributed by atoms with Gasteiger partial charge in [-0.2, -0.15) is 5.26 Å². The highest BCUT2D eigenvalue weighted by atomic mass is 79.9.